The molecular formula is C15H20ClN3OS. The van der Waals surface area contributed by atoms with Crippen molar-refractivity contribution in [2.45, 2.75) is 44.6 Å². The first kappa shape index (κ1) is 16.0. The number of amides is 2. The minimum absolute atomic E-state index is 0.301. The Morgan fingerprint density at radius 1 is 1.33 bits per heavy atom. The lowest BCUT2D eigenvalue weighted by atomic mass is 9.81. The van der Waals surface area contributed by atoms with Gasteiger partial charge in [0.05, 0.1) is 10.5 Å². The van der Waals surface area contributed by atoms with Crippen LogP contribution in [0, 0.1) is 6.92 Å². The average Bonchev–Trinajstić information content (AvgIpc) is 2.43. The van der Waals surface area contributed by atoms with Crippen molar-refractivity contribution >= 4 is 40.5 Å². The average molecular weight is 326 g/mol. The summed E-state index contributed by atoms with van der Waals surface area (Å²) in [6.07, 6.45) is 4.79. The van der Waals surface area contributed by atoms with Crippen LogP contribution in [0.2, 0.25) is 5.02 Å². The first-order chi connectivity index (χ1) is 9.93. The number of urea groups is 1. The zero-order valence-electron chi connectivity index (χ0n) is 12.0. The summed E-state index contributed by atoms with van der Waals surface area (Å²) in [5, 5.41) is 6.36. The lowest BCUT2D eigenvalue weighted by Crippen LogP contribution is -2.58. The Labute approximate surface area is 135 Å². The lowest BCUT2D eigenvalue weighted by molar-refractivity contribution is 0.236. The van der Waals surface area contributed by atoms with Gasteiger partial charge in [-0.2, -0.15) is 0 Å². The molecule has 1 aliphatic rings. The van der Waals surface area contributed by atoms with Crippen LogP contribution in [0.15, 0.2) is 18.2 Å². The van der Waals surface area contributed by atoms with E-state index in [-0.39, 0.29) is 6.03 Å². The number of nitrogens with two attached hydrogens (primary N) is 1. The van der Waals surface area contributed by atoms with E-state index in [1.807, 2.05) is 19.1 Å². The van der Waals surface area contributed by atoms with Gasteiger partial charge in [-0.3, -0.25) is 0 Å². The molecule has 4 N–H and O–H groups in total. The van der Waals surface area contributed by atoms with E-state index in [9.17, 15) is 4.79 Å². The van der Waals surface area contributed by atoms with Crippen LogP contribution in [0.3, 0.4) is 0 Å². The molecule has 0 radical (unpaired) electrons. The van der Waals surface area contributed by atoms with Gasteiger partial charge < -0.3 is 16.4 Å². The molecule has 114 valence electrons. The quantitative estimate of drug-likeness (QED) is 0.741. The van der Waals surface area contributed by atoms with Gasteiger partial charge >= 0.3 is 6.03 Å². The fourth-order valence-electron chi connectivity index (χ4n) is 2.64. The minimum Gasteiger partial charge on any atom is -0.391 e. The van der Waals surface area contributed by atoms with Gasteiger partial charge in [-0.05, 0) is 37.5 Å². The second kappa shape index (κ2) is 6.62. The fourth-order valence-corrected chi connectivity index (χ4v) is 3.07. The number of rotatable bonds is 3. The van der Waals surface area contributed by atoms with Gasteiger partial charge in [0.25, 0.3) is 0 Å². The Morgan fingerprint density at radius 3 is 2.57 bits per heavy atom. The number of halogens is 1. The Balaban J connectivity index is 2.05. The van der Waals surface area contributed by atoms with Crippen LogP contribution in [0.1, 0.15) is 37.7 Å². The van der Waals surface area contributed by atoms with E-state index in [0.717, 1.165) is 37.7 Å². The molecule has 1 aromatic carbocycles. The summed E-state index contributed by atoms with van der Waals surface area (Å²) in [6.45, 7) is 1.91. The van der Waals surface area contributed by atoms with Crippen molar-refractivity contribution in [3.05, 3.63) is 28.8 Å². The van der Waals surface area contributed by atoms with E-state index in [2.05, 4.69) is 10.6 Å². The summed E-state index contributed by atoms with van der Waals surface area (Å²) in [5.41, 5.74) is 6.91. The summed E-state index contributed by atoms with van der Waals surface area (Å²) in [6, 6.07) is 5.10. The van der Waals surface area contributed by atoms with Gasteiger partial charge in [0.15, 0.2) is 0 Å². The number of anilines is 1. The normalized spacial score (nSPS) is 17.0. The van der Waals surface area contributed by atoms with Crippen LogP contribution in [0.4, 0.5) is 10.5 Å². The summed E-state index contributed by atoms with van der Waals surface area (Å²) >= 11 is 11.2. The Bertz CT molecular complexity index is 556. The maximum atomic E-state index is 12.2. The predicted molar refractivity (Wildman–Crippen MR) is 90.9 cm³/mol. The van der Waals surface area contributed by atoms with Crippen molar-refractivity contribution in [2.75, 3.05) is 5.32 Å². The first-order valence-electron chi connectivity index (χ1n) is 7.08. The maximum absolute atomic E-state index is 12.2. The molecule has 4 nitrogen and oxygen atoms in total. The number of hydrogen-bond donors (Lipinski definition) is 3. The number of carbonyl (C=O) groups is 1. The predicted octanol–water partition coefficient (Wildman–Crippen LogP) is 3.76. The van der Waals surface area contributed by atoms with Gasteiger partial charge in [0, 0.05) is 10.7 Å². The van der Waals surface area contributed by atoms with Crippen molar-refractivity contribution in [3.8, 4) is 0 Å². The van der Waals surface area contributed by atoms with Crippen LogP contribution in [-0.4, -0.2) is 16.6 Å². The molecule has 1 aromatic rings. The highest BCUT2D eigenvalue weighted by Crippen LogP contribution is 2.29. The van der Waals surface area contributed by atoms with Gasteiger partial charge in [0.2, 0.25) is 0 Å². The van der Waals surface area contributed by atoms with E-state index >= 15 is 0 Å². The molecule has 0 aliphatic heterocycles. The van der Waals surface area contributed by atoms with Gasteiger partial charge in [-0.1, -0.05) is 49.1 Å². The molecule has 1 saturated carbocycles. The molecule has 0 spiro atoms. The zero-order valence-corrected chi connectivity index (χ0v) is 13.6. The smallest absolute Gasteiger partial charge is 0.320 e. The van der Waals surface area contributed by atoms with Crippen LogP contribution in [0.5, 0.6) is 0 Å². The number of carbonyl (C=O) groups excluding carboxylic acids is 1. The van der Waals surface area contributed by atoms with E-state index < -0.39 is 5.54 Å². The number of thiocarbonyl (C=S) groups is 1. The van der Waals surface area contributed by atoms with Crippen molar-refractivity contribution < 1.29 is 4.79 Å². The number of aryl methyl sites for hydroxylation is 1. The van der Waals surface area contributed by atoms with Gasteiger partial charge in [-0.25, -0.2) is 4.79 Å². The summed E-state index contributed by atoms with van der Waals surface area (Å²) < 4.78 is 0. The highest BCUT2D eigenvalue weighted by Gasteiger charge is 2.36. The summed E-state index contributed by atoms with van der Waals surface area (Å²) in [5.74, 6) is 0. The van der Waals surface area contributed by atoms with Crippen molar-refractivity contribution in [3.63, 3.8) is 0 Å². The molecule has 0 aromatic heterocycles. The Kier molecular flexibility index (Phi) is 5.06. The van der Waals surface area contributed by atoms with E-state index in [4.69, 9.17) is 29.6 Å². The number of benzene rings is 1. The third kappa shape index (κ3) is 3.86. The van der Waals surface area contributed by atoms with E-state index in [1.54, 1.807) is 6.07 Å². The second-order valence-corrected chi connectivity index (χ2v) is 6.40. The highest BCUT2D eigenvalue weighted by molar-refractivity contribution is 7.80. The van der Waals surface area contributed by atoms with Crippen molar-refractivity contribution in [1.29, 1.82) is 0 Å². The molecule has 2 amide bonds. The van der Waals surface area contributed by atoms with Gasteiger partial charge in [0.1, 0.15) is 0 Å². The monoisotopic (exact) mass is 325 g/mol. The molecule has 6 heteroatoms. The van der Waals surface area contributed by atoms with Crippen LogP contribution in [-0.2, 0) is 0 Å². The molecule has 0 saturated heterocycles. The molecule has 0 heterocycles. The molecule has 1 fully saturated rings. The molecule has 2 rings (SSSR count). The van der Waals surface area contributed by atoms with Crippen LogP contribution < -0.4 is 16.4 Å². The van der Waals surface area contributed by atoms with Crippen molar-refractivity contribution in [2.24, 2.45) is 5.73 Å². The number of nitrogens with one attached hydrogen (secondary N) is 2. The lowest BCUT2D eigenvalue weighted by Gasteiger charge is -2.37. The SMILES string of the molecule is Cc1ccc(NC(=O)NC2(C(N)=S)CCCCC2)cc1Cl. The first-order valence-corrected chi connectivity index (χ1v) is 7.87. The van der Waals surface area contributed by atoms with E-state index in [0.29, 0.717) is 15.7 Å². The van der Waals surface area contributed by atoms with Gasteiger partial charge in [-0.15, -0.1) is 0 Å². The molecule has 0 atom stereocenters. The second-order valence-electron chi connectivity index (χ2n) is 5.55. The highest BCUT2D eigenvalue weighted by atomic mass is 35.5. The third-order valence-electron chi connectivity index (χ3n) is 3.96. The van der Waals surface area contributed by atoms with Crippen LogP contribution in [0.25, 0.3) is 0 Å². The minimum atomic E-state index is -0.563. The Morgan fingerprint density at radius 2 is 2.00 bits per heavy atom. The summed E-state index contributed by atoms with van der Waals surface area (Å²) in [4.78, 5) is 12.6. The third-order valence-corrected chi connectivity index (χ3v) is 4.76. The van der Waals surface area contributed by atoms with Crippen molar-refractivity contribution in [1.82, 2.24) is 5.32 Å². The largest absolute Gasteiger partial charge is 0.391 e. The molecule has 1 aliphatic carbocycles. The molecule has 21 heavy (non-hydrogen) atoms. The molecular weight excluding hydrogens is 306 g/mol. The molecule has 0 bridgehead atoms. The van der Waals surface area contributed by atoms with E-state index in [1.165, 1.54) is 0 Å². The number of hydrogen-bond acceptors (Lipinski definition) is 2. The summed E-state index contributed by atoms with van der Waals surface area (Å²) in [7, 11) is 0. The fraction of sp³-hybridized carbons (Fsp3) is 0.467. The zero-order chi connectivity index (χ0) is 15.5. The maximum Gasteiger partial charge on any atom is 0.320 e. The van der Waals surface area contributed by atoms with Crippen LogP contribution >= 0.6 is 23.8 Å². The Hall–Kier alpha value is -1.33. The molecule has 0 unspecified atom stereocenters. The standard InChI is InChI=1S/C15H20ClN3OS/c1-10-5-6-11(9-12(10)16)18-14(20)19-15(13(17)21)7-3-2-4-8-15/h5-6,9H,2-4,7-8H2,1H3,(H2,17,21)(H2,18,19,20). The topological polar surface area (TPSA) is 67.2 Å².